The quantitative estimate of drug-likeness (QED) is 0.524. The molecule has 3 aliphatic rings. The van der Waals surface area contributed by atoms with Gasteiger partial charge in [-0.2, -0.15) is 0 Å². The van der Waals surface area contributed by atoms with Crippen LogP contribution in [0, 0.1) is 0 Å². The van der Waals surface area contributed by atoms with Crippen molar-refractivity contribution in [3.8, 4) is 5.75 Å². The molecule has 0 unspecified atom stereocenters. The molecule has 2 heterocycles. The standard InChI is InChI=1S/C24H32N4O5/c29-21-15-27-14-17-13-19(10-11-20(17)25-24(27)26-21)33-12-6-2-5-9-22(30)28(16-23(31)32)18-7-3-1-4-8-18/h10-11,13,18H,1-9,12,14-16H2,(H,31,32)(H,25,26,29). The molecule has 0 atom stereocenters. The molecule has 2 amide bonds. The van der Waals surface area contributed by atoms with Gasteiger partial charge in [-0.05, 0) is 50.3 Å². The number of carboxylic acids is 1. The first kappa shape index (κ1) is 23.1. The highest BCUT2D eigenvalue weighted by Gasteiger charge is 2.29. The zero-order valence-corrected chi connectivity index (χ0v) is 18.9. The summed E-state index contributed by atoms with van der Waals surface area (Å²) in [6.07, 6.45) is 7.88. The minimum atomic E-state index is -0.943. The molecule has 2 N–H and O–H groups in total. The molecule has 1 saturated carbocycles. The van der Waals surface area contributed by atoms with Crippen molar-refractivity contribution < 1.29 is 24.2 Å². The fourth-order valence-corrected chi connectivity index (χ4v) is 4.78. The summed E-state index contributed by atoms with van der Waals surface area (Å²) in [7, 11) is 0. The third kappa shape index (κ3) is 6.03. The minimum Gasteiger partial charge on any atom is -0.494 e. The Hall–Kier alpha value is -3.10. The van der Waals surface area contributed by atoms with Crippen LogP contribution >= 0.6 is 0 Å². The Labute approximate surface area is 193 Å². The van der Waals surface area contributed by atoms with E-state index in [1.54, 1.807) is 4.90 Å². The summed E-state index contributed by atoms with van der Waals surface area (Å²) in [5.41, 5.74) is 1.87. The summed E-state index contributed by atoms with van der Waals surface area (Å²) in [5.74, 6) is 0.353. The van der Waals surface area contributed by atoms with Gasteiger partial charge in [0.1, 0.15) is 18.8 Å². The zero-order chi connectivity index (χ0) is 23.2. The average Bonchev–Trinajstić information content (AvgIpc) is 3.17. The first-order valence-corrected chi connectivity index (χ1v) is 11.9. The minimum absolute atomic E-state index is 0.0404. The lowest BCUT2D eigenvalue weighted by molar-refractivity contribution is -0.146. The molecule has 0 radical (unpaired) electrons. The van der Waals surface area contributed by atoms with Crippen LogP contribution in [0.2, 0.25) is 0 Å². The van der Waals surface area contributed by atoms with E-state index in [2.05, 4.69) is 10.3 Å². The Kier molecular flexibility index (Phi) is 7.47. The second-order valence-corrected chi connectivity index (χ2v) is 9.00. The van der Waals surface area contributed by atoms with Gasteiger partial charge in [0.05, 0.1) is 12.3 Å². The molecule has 9 nitrogen and oxygen atoms in total. The molecular weight excluding hydrogens is 424 g/mol. The predicted octanol–water partition coefficient (Wildman–Crippen LogP) is 2.80. The summed E-state index contributed by atoms with van der Waals surface area (Å²) in [4.78, 5) is 43.4. The average molecular weight is 457 g/mol. The Morgan fingerprint density at radius 3 is 2.76 bits per heavy atom. The number of hydrogen-bond donors (Lipinski definition) is 2. The third-order valence-electron chi connectivity index (χ3n) is 6.47. The van der Waals surface area contributed by atoms with Crippen LogP contribution in [-0.2, 0) is 20.9 Å². The van der Waals surface area contributed by atoms with Gasteiger partial charge in [-0.25, -0.2) is 4.99 Å². The number of rotatable bonds is 10. The first-order valence-electron chi connectivity index (χ1n) is 11.9. The Balaban J connectivity index is 1.18. The Morgan fingerprint density at radius 1 is 1.15 bits per heavy atom. The molecule has 2 fully saturated rings. The summed E-state index contributed by atoms with van der Waals surface area (Å²) in [5, 5.41) is 12.0. The van der Waals surface area contributed by atoms with E-state index in [1.165, 1.54) is 6.42 Å². The van der Waals surface area contributed by atoms with E-state index in [0.29, 0.717) is 32.1 Å². The molecule has 4 rings (SSSR count). The Bertz CT molecular complexity index is 925. The van der Waals surface area contributed by atoms with Crippen LogP contribution < -0.4 is 10.1 Å². The fourth-order valence-electron chi connectivity index (χ4n) is 4.78. The smallest absolute Gasteiger partial charge is 0.323 e. The topological polar surface area (TPSA) is 112 Å². The Morgan fingerprint density at radius 2 is 1.97 bits per heavy atom. The van der Waals surface area contributed by atoms with Crippen molar-refractivity contribution in [3.05, 3.63) is 23.8 Å². The number of carboxylic acid groups (broad SMARTS) is 1. The highest BCUT2D eigenvalue weighted by atomic mass is 16.5. The lowest BCUT2D eigenvalue weighted by Crippen LogP contribution is -2.44. The van der Waals surface area contributed by atoms with E-state index in [4.69, 9.17) is 4.74 Å². The van der Waals surface area contributed by atoms with E-state index in [1.807, 2.05) is 23.1 Å². The number of nitrogens with zero attached hydrogens (tertiary/aromatic N) is 3. The maximum Gasteiger partial charge on any atom is 0.323 e. The summed E-state index contributed by atoms with van der Waals surface area (Å²) in [6, 6.07) is 5.83. The van der Waals surface area contributed by atoms with Gasteiger partial charge < -0.3 is 19.6 Å². The third-order valence-corrected chi connectivity index (χ3v) is 6.47. The number of aliphatic carboxylic acids is 1. The van der Waals surface area contributed by atoms with Crippen molar-refractivity contribution in [1.82, 2.24) is 15.1 Å². The van der Waals surface area contributed by atoms with Gasteiger partial charge in [0.15, 0.2) is 0 Å². The molecule has 2 aliphatic heterocycles. The lowest BCUT2D eigenvalue weighted by atomic mass is 9.94. The summed E-state index contributed by atoms with van der Waals surface area (Å²) >= 11 is 0. The van der Waals surface area contributed by atoms with Gasteiger partial charge in [-0.3, -0.25) is 19.7 Å². The van der Waals surface area contributed by atoms with Crippen LogP contribution in [0.4, 0.5) is 5.69 Å². The first-order chi connectivity index (χ1) is 16.0. The number of unbranched alkanes of at least 4 members (excludes halogenated alkanes) is 2. The molecule has 9 heteroatoms. The molecule has 1 aliphatic carbocycles. The van der Waals surface area contributed by atoms with Crippen LogP contribution in [0.1, 0.15) is 63.4 Å². The highest BCUT2D eigenvalue weighted by molar-refractivity contribution is 6.05. The fraction of sp³-hybridized carbons (Fsp3) is 0.583. The van der Waals surface area contributed by atoms with Crippen molar-refractivity contribution in [2.45, 2.75) is 70.4 Å². The van der Waals surface area contributed by atoms with Crippen molar-refractivity contribution in [1.29, 1.82) is 0 Å². The van der Waals surface area contributed by atoms with Gasteiger partial charge in [0.25, 0.3) is 0 Å². The van der Waals surface area contributed by atoms with Crippen molar-refractivity contribution in [2.24, 2.45) is 4.99 Å². The van der Waals surface area contributed by atoms with E-state index >= 15 is 0 Å². The maximum atomic E-state index is 12.7. The van der Waals surface area contributed by atoms with Crippen LogP contribution in [0.3, 0.4) is 0 Å². The SMILES string of the molecule is O=C(O)CN(C(=O)CCCCCOc1ccc2c(c1)CN1CC(=O)NC1=N2)C1CCCCC1. The van der Waals surface area contributed by atoms with Gasteiger partial charge >= 0.3 is 5.97 Å². The number of hydrogen-bond acceptors (Lipinski definition) is 6. The number of amides is 2. The monoisotopic (exact) mass is 456 g/mol. The molecule has 178 valence electrons. The van der Waals surface area contributed by atoms with Crippen LogP contribution in [0.25, 0.3) is 0 Å². The largest absolute Gasteiger partial charge is 0.494 e. The maximum absolute atomic E-state index is 12.7. The number of benzene rings is 1. The van der Waals surface area contributed by atoms with Crippen LogP contribution in [-0.4, -0.2) is 64.4 Å². The van der Waals surface area contributed by atoms with E-state index in [0.717, 1.165) is 61.9 Å². The molecule has 1 aromatic carbocycles. The van der Waals surface area contributed by atoms with E-state index in [9.17, 15) is 19.5 Å². The molecule has 1 saturated heterocycles. The number of nitrogens with one attached hydrogen (secondary N) is 1. The van der Waals surface area contributed by atoms with Crippen LogP contribution in [0.5, 0.6) is 5.75 Å². The highest BCUT2D eigenvalue weighted by Crippen LogP contribution is 2.30. The zero-order valence-electron chi connectivity index (χ0n) is 18.9. The number of carbonyl (C=O) groups is 3. The van der Waals surface area contributed by atoms with Crippen LogP contribution in [0.15, 0.2) is 23.2 Å². The van der Waals surface area contributed by atoms with Gasteiger partial charge in [0.2, 0.25) is 17.8 Å². The second kappa shape index (κ2) is 10.7. The molecule has 0 spiro atoms. The molecule has 33 heavy (non-hydrogen) atoms. The van der Waals surface area contributed by atoms with Gasteiger partial charge in [-0.1, -0.05) is 19.3 Å². The predicted molar refractivity (Wildman–Crippen MR) is 122 cm³/mol. The van der Waals surface area contributed by atoms with E-state index in [-0.39, 0.29) is 24.4 Å². The van der Waals surface area contributed by atoms with Crippen molar-refractivity contribution >= 4 is 29.4 Å². The number of fused-ring (bicyclic) bond motifs is 2. The summed E-state index contributed by atoms with van der Waals surface area (Å²) < 4.78 is 5.88. The van der Waals surface area contributed by atoms with Crippen molar-refractivity contribution in [2.75, 3.05) is 19.7 Å². The molecule has 0 bridgehead atoms. The number of carbonyl (C=O) groups excluding carboxylic acids is 2. The second-order valence-electron chi connectivity index (χ2n) is 9.00. The van der Waals surface area contributed by atoms with E-state index < -0.39 is 5.97 Å². The number of aliphatic imine (C=N–C) groups is 1. The normalized spacial score (nSPS) is 17.6. The number of ether oxygens (including phenoxy) is 1. The summed E-state index contributed by atoms with van der Waals surface area (Å²) in [6.45, 7) is 1.30. The van der Waals surface area contributed by atoms with Crippen molar-refractivity contribution in [3.63, 3.8) is 0 Å². The van der Waals surface area contributed by atoms with Gasteiger partial charge in [0, 0.05) is 24.6 Å². The number of guanidine groups is 1. The van der Waals surface area contributed by atoms with Gasteiger partial charge in [-0.15, -0.1) is 0 Å². The molecule has 0 aromatic heterocycles. The lowest BCUT2D eigenvalue weighted by Gasteiger charge is -2.33. The molecule has 1 aromatic rings. The molecular formula is C24H32N4O5.